The molecular weight excluding hydrogens is 331 g/mol. The number of rotatable bonds is 1. The van der Waals surface area contributed by atoms with Gasteiger partial charge in [-0.1, -0.05) is 0 Å². The first-order chi connectivity index (χ1) is 12.6. The summed E-state index contributed by atoms with van der Waals surface area (Å²) in [5, 5.41) is 20.1. The standard InChI is InChI=1S/C18H19BN4O3/c20-7-1-14(24)23-10-17(11-23)3-5-18(6-4-17)15-12-2-8-21-16(12)22-9-13(15)19(25)26-18/h2,8-9,25H,1,3-6,10-11H2,(H,21,22). The fourth-order valence-corrected chi connectivity index (χ4v) is 5.04. The van der Waals surface area contributed by atoms with Gasteiger partial charge in [0.25, 0.3) is 0 Å². The lowest BCUT2D eigenvalue weighted by Crippen LogP contribution is -2.60. The molecule has 5 rings (SSSR count). The molecule has 2 aromatic heterocycles. The van der Waals surface area contributed by atoms with Gasteiger partial charge in [-0.15, -0.1) is 0 Å². The second-order valence-corrected chi connectivity index (χ2v) is 7.88. The van der Waals surface area contributed by atoms with E-state index < -0.39 is 12.7 Å². The van der Waals surface area contributed by atoms with E-state index in [0.29, 0.717) is 0 Å². The van der Waals surface area contributed by atoms with Crippen LogP contribution in [0.2, 0.25) is 0 Å². The van der Waals surface area contributed by atoms with Crippen LogP contribution in [0.25, 0.3) is 11.0 Å². The summed E-state index contributed by atoms with van der Waals surface area (Å²) in [4.78, 5) is 21.2. The van der Waals surface area contributed by atoms with E-state index in [4.69, 9.17) is 9.92 Å². The molecule has 0 unspecified atom stereocenters. The quantitative estimate of drug-likeness (QED) is 0.741. The summed E-state index contributed by atoms with van der Waals surface area (Å²) >= 11 is 0. The highest BCUT2D eigenvalue weighted by molar-refractivity contribution is 6.62. The van der Waals surface area contributed by atoms with E-state index in [-0.39, 0.29) is 17.7 Å². The third-order valence-corrected chi connectivity index (χ3v) is 6.43. The van der Waals surface area contributed by atoms with Crippen molar-refractivity contribution >= 4 is 29.5 Å². The van der Waals surface area contributed by atoms with Gasteiger partial charge in [0.05, 0.1) is 11.7 Å². The molecule has 2 aliphatic heterocycles. The van der Waals surface area contributed by atoms with E-state index in [0.717, 1.165) is 60.8 Å². The van der Waals surface area contributed by atoms with Crippen LogP contribution in [0.4, 0.5) is 0 Å². The number of pyridine rings is 1. The van der Waals surface area contributed by atoms with Gasteiger partial charge in [0.1, 0.15) is 12.1 Å². The summed E-state index contributed by atoms with van der Waals surface area (Å²) < 4.78 is 6.09. The second-order valence-electron chi connectivity index (χ2n) is 7.88. The van der Waals surface area contributed by atoms with E-state index in [1.54, 1.807) is 11.1 Å². The van der Waals surface area contributed by atoms with Crippen LogP contribution in [0.15, 0.2) is 18.5 Å². The third-order valence-electron chi connectivity index (χ3n) is 6.43. The molecule has 3 aliphatic rings. The molecule has 0 radical (unpaired) electrons. The fourth-order valence-electron chi connectivity index (χ4n) is 5.04. The van der Waals surface area contributed by atoms with Crippen molar-refractivity contribution in [2.45, 2.75) is 37.7 Å². The Morgan fingerprint density at radius 2 is 2.19 bits per heavy atom. The normalized spacial score (nSPS) is 22.5. The number of nitriles is 1. The first-order valence-electron chi connectivity index (χ1n) is 9.03. The van der Waals surface area contributed by atoms with Gasteiger partial charge in [-0.05, 0) is 37.3 Å². The number of aromatic amines is 1. The molecule has 1 amide bonds. The Bertz CT molecular complexity index is 934. The molecule has 2 N–H and O–H groups in total. The molecule has 132 valence electrons. The van der Waals surface area contributed by atoms with Crippen molar-refractivity contribution in [1.29, 1.82) is 5.26 Å². The highest BCUT2D eigenvalue weighted by Crippen LogP contribution is 2.53. The monoisotopic (exact) mass is 350 g/mol. The zero-order valence-corrected chi connectivity index (χ0v) is 14.4. The van der Waals surface area contributed by atoms with Crippen molar-refractivity contribution in [1.82, 2.24) is 14.9 Å². The Morgan fingerprint density at radius 1 is 1.42 bits per heavy atom. The number of aromatic nitrogens is 2. The number of hydrogen-bond acceptors (Lipinski definition) is 5. The summed E-state index contributed by atoms with van der Waals surface area (Å²) in [7, 11) is -0.930. The molecule has 0 bridgehead atoms. The summed E-state index contributed by atoms with van der Waals surface area (Å²) in [5.41, 5.74) is 2.33. The molecule has 0 atom stereocenters. The third kappa shape index (κ3) is 2.07. The molecule has 2 aromatic rings. The van der Waals surface area contributed by atoms with Crippen LogP contribution in [-0.4, -0.2) is 46.0 Å². The van der Waals surface area contributed by atoms with Gasteiger partial charge in [0, 0.05) is 41.7 Å². The molecular formula is C18H19BN4O3. The smallest absolute Gasteiger partial charge is 0.423 e. The predicted octanol–water partition coefficient (Wildman–Crippen LogP) is 0.792. The highest BCUT2D eigenvalue weighted by atomic mass is 16.5. The molecule has 26 heavy (non-hydrogen) atoms. The number of H-pyrrole nitrogens is 1. The molecule has 1 saturated heterocycles. The van der Waals surface area contributed by atoms with E-state index in [1.165, 1.54) is 0 Å². The largest absolute Gasteiger partial charge is 0.493 e. The highest BCUT2D eigenvalue weighted by Gasteiger charge is 2.55. The zero-order chi connectivity index (χ0) is 17.9. The van der Waals surface area contributed by atoms with Gasteiger partial charge in [-0.2, -0.15) is 5.26 Å². The number of hydrogen-bond donors (Lipinski definition) is 2. The minimum atomic E-state index is -0.930. The van der Waals surface area contributed by atoms with Crippen LogP contribution in [0.5, 0.6) is 0 Å². The summed E-state index contributed by atoms with van der Waals surface area (Å²) in [6, 6.07) is 3.93. The Balaban J connectivity index is 1.39. The van der Waals surface area contributed by atoms with Crippen LogP contribution >= 0.6 is 0 Å². The molecule has 1 saturated carbocycles. The van der Waals surface area contributed by atoms with Crippen LogP contribution < -0.4 is 5.46 Å². The number of fused-ring (bicyclic) bond motifs is 4. The van der Waals surface area contributed by atoms with Crippen molar-refractivity contribution in [3.8, 4) is 6.07 Å². The van der Waals surface area contributed by atoms with Crippen molar-refractivity contribution in [3.63, 3.8) is 0 Å². The summed E-state index contributed by atoms with van der Waals surface area (Å²) in [6.07, 6.45) is 7.08. The molecule has 7 nitrogen and oxygen atoms in total. The lowest BCUT2D eigenvalue weighted by molar-refractivity contribution is -0.148. The van der Waals surface area contributed by atoms with Crippen LogP contribution in [0, 0.1) is 16.7 Å². The predicted molar refractivity (Wildman–Crippen MR) is 94.2 cm³/mol. The van der Waals surface area contributed by atoms with Crippen LogP contribution in [-0.2, 0) is 15.0 Å². The minimum Gasteiger partial charge on any atom is -0.423 e. The maximum absolute atomic E-state index is 11.9. The van der Waals surface area contributed by atoms with Gasteiger partial charge in [0.2, 0.25) is 5.91 Å². The van der Waals surface area contributed by atoms with E-state index >= 15 is 0 Å². The van der Waals surface area contributed by atoms with E-state index in [1.807, 2.05) is 18.3 Å². The van der Waals surface area contributed by atoms with Gasteiger partial charge in [0.15, 0.2) is 0 Å². The summed E-state index contributed by atoms with van der Waals surface area (Å²) in [5.74, 6) is -0.0728. The number of nitrogens with zero attached hydrogens (tertiary/aromatic N) is 3. The lowest BCUT2D eigenvalue weighted by atomic mass is 9.62. The lowest BCUT2D eigenvalue weighted by Gasteiger charge is -2.55. The first kappa shape index (κ1) is 15.9. The number of amides is 1. The molecule has 1 aliphatic carbocycles. The Morgan fingerprint density at radius 3 is 2.92 bits per heavy atom. The zero-order valence-electron chi connectivity index (χ0n) is 14.4. The summed E-state index contributed by atoms with van der Waals surface area (Å²) in [6.45, 7) is 1.46. The van der Waals surface area contributed by atoms with Crippen molar-refractivity contribution in [3.05, 3.63) is 24.0 Å². The van der Waals surface area contributed by atoms with Gasteiger partial charge >= 0.3 is 7.12 Å². The molecule has 0 aromatic carbocycles. The fraction of sp³-hybridized carbons (Fsp3) is 0.500. The van der Waals surface area contributed by atoms with Gasteiger partial charge in [-0.3, -0.25) is 4.79 Å². The molecule has 2 fully saturated rings. The average molecular weight is 350 g/mol. The van der Waals surface area contributed by atoms with Crippen molar-refractivity contribution in [2.75, 3.05) is 13.1 Å². The van der Waals surface area contributed by atoms with Gasteiger partial charge in [-0.25, -0.2) is 4.98 Å². The average Bonchev–Trinajstić information content (AvgIpc) is 3.17. The topological polar surface area (TPSA) is 102 Å². The number of nitrogens with one attached hydrogen (secondary N) is 1. The number of carbonyl (C=O) groups is 1. The molecule has 8 heteroatoms. The van der Waals surface area contributed by atoms with Crippen LogP contribution in [0.3, 0.4) is 0 Å². The molecule has 4 heterocycles. The SMILES string of the molecule is N#CCC(=O)N1CC2(CCC3(CC2)OB(O)c2cnc4[nH]ccc4c23)C1. The van der Waals surface area contributed by atoms with Crippen molar-refractivity contribution in [2.24, 2.45) is 5.41 Å². The Kier molecular flexibility index (Phi) is 3.24. The first-order valence-corrected chi connectivity index (χ1v) is 9.03. The Hall–Kier alpha value is -2.37. The van der Waals surface area contributed by atoms with Crippen molar-refractivity contribution < 1.29 is 14.5 Å². The minimum absolute atomic E-state index is 0.0405. The maximum Gasteiger partial charge on any atom is 0.493 e. The van der Waals surface area contributed by atoms with Crippen LogP contribution in [0.1, 0.15) is 37.7 Å². The van der Waals surface area contributed by atoms with E-state index in [2.05, 4.69) is 9.97 Å². The van der Waals surface area contributed by atoms with E-state index in [9.17, 15) is 9.82 Å². The number of carbonyl (C=O) groups excluding carboxylic acids is 1. The van der Waals surface area contributed by atoms with Gasteiger partial charge < -0.3 is 19.6 Å². The molecule has 2 spiro atoms. The second kappa shape index (κ2) is 5.32. The number of likely N-dealkylation sites (tertiary alicyclic amines) is 1. The Labute approximate surface area is 151 Å². The maximum atomic E-state index is 11.9.